The van der Waals surface area contributed by atoms with Crippen LogP contribution in [0.25, 0.3) is 0 Å². The molecule has 0 amide bonds. The van der Waals surface area contributed by atoms with Gasteiger partial charge in [-0.15, -0.1) is 0 Å². The van der Waals surface area contributed by atoms with E-state index in [-0.39, 0.29) is 19.5 Å². The van der Waals surface area contributed by atoms with Crippen LogP contribution in [-0.2, 0) is 19.5 Å². The minimum Gasteiger partial charge on any atom is -0.293 e. The molecule has 0 heterocycles. The minimum atomic E-state index is 0. The fraction of sp³-hybridized carbons (Fsp3) is 0. The van der Waals surface area contributed by atoms with Gasteiger partial charge in [0, 0.05) is 19.5 Å². The summed E-state index contributed by atoms with van der Waals surface area (Å²) in [6.45, 7) is 8.08. The van der Waals surface area contributed by atoms with Crippen molar-refractivity contribution in [1.29, 1.82) is 0 Å². The Morgan fingerprint density at radius 1 is 1.60 bits per heavy atom. The molecule has 0 unspecified atom stereocenters. The molecule has 0 fully saturated rings. The van der Waals surface area contributed by atoms with Gasteiger partial charge in [-0.25, -0.2) is 12.2 Å². The van der Waals surface area contributed by atoms with Crippen LogP contribution < -0.4 is 0 Å². The van der Waals surface area contributed by atoms with Crippen molar-refractivity contribution < 1.29 is 19.5 Å². The van der Waals surface area contributed by atoms with Crippen LogP contribution >= 0.6 is 0 Å². The van der Waals surface area contributed by atoms with Gasteiger partial charge in [0.25, 0.3) is 0 Å². The monoisotopic (exact) mass is 117 g/mol. The zero-order chi connectivity index (χ0) is 3.41. The molecule has 0 aromatic heterocycles. The third kappa shape index (κ3) is 14.9. The Hall–Kier alpha value is 0.103. The van der Waals surface area contributed by atoms with Crippen molar-refractivity contribution >= 4 is 0 Å². The summed E-state index contributed by atoms with van der Waals surface area (Å²) in [5.74, 6) is 0. The van der Waals surface area contributed by atoms with Crippen molar-refractivity contribution in [3.63, 3.8) is 0 Å². The second-order valence-electron chi connectivity index (χ2n) is 0.428. The first-order valence-corrected chi connectivity index (χ1v) is 1.07. The van der Waals surface area contributed by atoms with Gasteiger partial charge in [-0.1, -0.05) is 0 Å². The molecule has 0 aliphatic carbocycles. The van der Waals surface area contributed by atoms with Gasteiger partial charge in [0.1, 0.15) is 0 Å². The van der Waals surface area contributed by atoms with Crippen LogP contribution in [0.15, 0.2) is 18.7 Å². The topological polar surface area (TPSA) is 0 Å². The second-order valence-corrected chi connectivity index (χ2v) is 0.428. The average molecular weight is 118 g/mol. The average Bonchev–Trinajstić information content (AvgIpc) is 1.37. The third-order valence-corrected chi connectivity index (χ3v) is 0.136. The molecule has 0 aliphatic rings. The van der Waals surface area contributed by atoms with E-state index in [0.717, 1.165) is 0 Å². The Labute approximate surface area is 45.3 Å². The van der Waals surface area contributed by atoms with Crippen LogP contribution in [0, 0.1) is 6.58 Å². The molecule has 24 valence electrons. The standard InChI is InChI=1S/C4H5.Zn/c1-3-4-2;/h1,3-4H,2H2;/q-1;. The van der Waals surface area contributed by atoms with E-state index in [2.05, 4.69) is 6.58 Å². The van der Waals surface area contributed by atoms with Crippen LogP contribution in [0.4, 0.5) is 0 Å². The zero-order valence-corrected chi connectivity index (χ0v) is 6.11. The molecule has 0 bridgehead atoms. The van der Waals surface area contributed by atoms with Crippen LogP contribution in [0.1, 0.15) is 0 Å². The van der Waals surface area contributed by atoms with Crippen LogP contribution in [-0.4, -0.2) is 0 Å². The molecule has 0 atom stereocenters. The first-order chi connectivity index (χ1) is 1.91. The molecule has 0 rings (SSSR count). The molecule has 0 spiro atoms. The van der Waals surface area contributed by atoms with Gasteiger partial charge in [-0.2, -0.15) is 6.58 Å². The summed E-state index contributed by atoms with van der Waals surface area (Å²) >= 11 is 0. The molecular weight excluding hydrogens is 113 g/mol. The molecule has 0 aromatic carbocycles. The zero-order valence-electron chi connectivity index (χ0n) is 3.15. The van der Waals surface area contributed by atoms with Gasteiger partial charge in [-0.05, 0) is 0 Å². The van der Waals surface area contributed by atoms with Gasteiger partial charge >= 0.3 is 0 Å². The van der Waals surface area contributed by atoms with Gasteiger partial charge in [-0.3, -0.25) is 6.58 Å². The Bertz CT molecular complexity index is 24.6. The fourth-order valence-electron chi connectivity index (χ4n) is 0. The van der Waals surface area contributed by atoms with Crippen molar-refractivity contribution in [3.05, 3.63) is 25.3 Å². The summed E-state index contributed by atoms with van der Waals surface area (Å²) < 4.78 is 0. The summed E-state index contributed by atoms with van der Waals surface area (Å²) in [4.78, 5) is 0. The molecule has 0 nitrogen and oxygen atoms in total. The van der Waals surface area contributed by atoms with E-state index < -0.39 is 0 Å². The van der Waals surface area contributed by atoms with Crippen LogP contribution in [0.5, 0.6) is 0 Å². The van der Waals surface area contributed by atoms with Crippen LogP contribution in [0.2, 0.25) is 0 Å². The molecule has 0 N–H and O–H groups in total. The molecule has 0 aliphatic heterocycles. The van der Waals surface area contributed by atoms with Gasteiger partial charge < -0.3 is 0 Å². The van der Waals surface area contributed by atoms with E-state index in [9.17, 15) is 0 Å². The maximum absolute atomic E-state index is 4.78. The fourth-order valence-corrected chi connectivity index (χ4v) is 0. The smallest absolute Gasteiger partial charge is 0 e. The summed E-state index contributed by atoms with van der Waals surface area (Å²) in [6, 6.07) is 0. The normalized spacial score (nSPS) is 4.00. The Morgan fingerprint density at radius 2 is 1.80 bits per heavy atom. The molecule has 5 heavy (non-hydrogen) atoms. The number of hydrogen-bond acceptors (Lipinski definition) is 0. The molecular formula is C4H5Zn-. The van der Waals surface area contributed by atoms with Crippen molar-refractivity contribution in [2.24, 2.45) is 0 Å². The van der Waals surface area contributed by atoms with Crippen LogP contribution in [0.3, 0.4) is 0 Å². The Morgan fingerprint density at radius 3 is 1.80 bits per heavy atom. The maximum atomic E-state index is 4.78. The number of rotatable bonds is 1. The first-order valence-electron chi connectivity index (χ1n) is 1.07. The SMILES string of the molecule is [CH-]=CC=C.[Zn]. The van der Waals surface area contributed by atoms with E-state index in [1.165, 1.54) is 12.2 Å². The van der Waals surface area contributed by atoms with E-state index in [0.29, 0.717) is 0 Å². The van der Waals surface area contributed by atoms with Crippen molar-refractivity contribution in [2.45, 2.75) is 0 Å². The quantitative estimate of drug-likeness (QED) is 0.275. The van der Waals surface area contributed by atoms with Gasteiger partial charge in [0.15, 0.2) is 0 Å². The second kappa shape index (κ2) is 8.93. The van der Waals surface area contributed by atoms with Crippen molar-refractivity contribution in [2.75, 3.05) is 0 Å². The molecule has 0 saturated heterocycles. The Balaban J connectivity index is 0. The third-order valence-electron chi connectivity index (χ3n) is 0.136. The number of hydrogen-bond donors (Lipinski definition) is 0. The summed E-state index contributed by atoms with van der Waals surface area (Å²) in [5.41, 5.74) is 0. The van der Waals surface area contributed by atoms with Crippen molar-refractivity contribution in [1.82, 2.24) is 0 Å². The number of allylic oxidation sites excluding steroid dienone is 2. The van der Waals surface area contributed by atoms with Crippen molar-refractivity contribution in [3.8, 4) is 0 Å². The molecule has 1 heteroatoms. The minimum absolute atomic E-state index is 0. The Kier molecular flexibility index (Phi) is 15.9. The molecule has 0 radical (unpaired) electrons. The van der Waals surface area contributed by atoms with Gasteiger partial charge in [0.2, 0.25) is 0 Å². The maximum Gasteiger partial charge on any atom is 0 e. The van der Waals surface area contributed by atoms with E-state index in [1.54, 1.807) is 0 Å². The van der Waals surface area contributed by atoms with E-state index in [4.69, 9.17) is 6.58 Å². The van der Waals surface area contributed by atoms with Gasteiger partial charge in [0.05, 0.1) is 0 Å². The molecule has 0 saturated carbocycles. The largest absolute Gasteiger partial charge is 0.293 e. The first kappa shape index (κ1) is 8.92. The molecule has 0 aromatic rings. The van der Waals surface area contributed by atoms with E-state index in [1.807, 2.05) is 0 Å². The van der Waals surface area contributed by atoms with E-state index >= 15 is 0 Å². The summed E-state index contributed by atoms with van der Waals surface area (Å²) in [7, 11) is 0. The summed E-state index contributed by atoms with van der Waals surface area (Å²) in [6.07, 6.45) is 2.92. The summed E-state index contributed by atoms with van der Waals surface area (Å²) in [5, 5.41) is 0. The predicted molar refractivity (Wildman–Crippen MR) is 19.1 cm³/mol. The predicted octanol–water partition coefficient (Wildman–Crippen LogP) is 1.16.